The molecule has 0 bridgehead atoms. The van der Waals surface area contributed by atoms with E-state index in [1.165, 1.54) is 26.4 Å². The number of aromatic hydroxyl groups is 2. The molecule has 1 heterocycles. The highest BCUT2D eigenvalue weighted by Crippen LogP contribution is 2.55. The molecule has 11 nitrogen and oxygen atoms in total. The van der Waals surface area contributed by atoms with E-state index < -0.39 is 34.6 Å². The molecule has 0 saturated heterocycles. The molecule has 0 aromatic heterocycles. The molecule has 5 N–H and O–H groups in total. The fourth-order valence-electron chi connectivity index (χ4n) is 6.13. The van der Waals surface area contributed by atoms with Crippen molar-refractivity contribution in [3.8, 4) is 34.5 Å². The molecule has 6 rings (SSSR count). The number of phenolic OH excluding ortho intramolecular Hbond substituents is 2. The second-order valence-corrected chi connectivity index (χ2v) is 9.98. The molecule has 1 aliphatic rings. The Bertz CT molecular complexity index is 1790. The maximum atomic E-state index is 13.5. The number of benzene rings is 5. The summed E-state index contributed by atoms with van der Waals surface area (Å²) in [6.45, 7) is 2.86. The average Bonchev–Trinajstić information content (AvgIpc) is 3.09. The van der Waals surface area contributed by atoms with Crippen LogP contribution in [0.3, 0.4) is 0 Å². The summed E-state index contributed by atoms with van der Waals surface area (Å²) >= 11 is 0. The van der Waals surface area contributed by atoms with E-state index in [0.29, 0.717) is 43.4 Å². The van der Waals surface area contributed by atoms with Gasteiger partial charge in [-0.1, -0.05) is 0 Å². The van der Waals surface area contributed by atoms with Crippen LogP contribution in [-0.2, 0) is 12.8 Å². The van der Waals surface area contributed by atoms with Crippen molar-refractivity contribution in [2.45, 2.75) is 38.9 Å². The molecule has 0 aliphatic carbocycles. The Morgan fingerprint density at radius 2 is 1.05 bits per heavy atom. The van der Waals surface area contributed by atoms with Crippen LogP contribution in [0.2, 0.25) is 0 Å². The van der Waals surface area contributed by atoms with Gasteiger partial charge in [0.15, 0.2) is 33.9 Å². The van der Waals surface area contributed by atoms with Crippen LogP contribution in [0.1, 0.15) is 25.0 Å². The largest absolute Gasteiger partial charge is 0.504 e. The van der Waals surface area contributed by atoms with E-state index in [2.05, 4.69) is 0 Å². The van der Waals surface area contributed by atoms with Gasteiger partial charge in [-0.25, -0.2) is 0 Å². The number of rotatable bonds is 6. The zero-order valence-corrected chi connectivity index (χ0v) is 23.1. The van der Waals surface area contributed by atoms with Crippen LogP contribution in [0.4, 0.5) is 0 Å². The van der Waals surface area contributed by atoms with E-state index in [1.807, 2.05) is 0 Å². The molecule has 216 valence electrons. The monoisotopic (exact) mass is 566 g/mol. The zero-order chi connectivity index (χ0) is 29.9. The molecule has 11 heteroatoms. The topological polar surface area (TPSA) is 172 Å². The average molecular weight is 567 g/mol. The minimum atomic E-state index is -0.891. The number of phenols is 2. The van der Waals surface area contributed by atoms with Gasteiger partial charge in [0.2, 0.25) is 6.79 Å². The van der Waals surface area contributed by atoms with Crippen molar-refractivity contribution < 1.29 is 44.5 Å². The number of ether oxygens (including phenoxy) is 4. The minimum absolute atomic E-state index is 0.00798. The molecule has 0 spiro atoms. The van der Waals surface area contributed by atoms with Crippen molar-refractivity contribution in [2.24, 2.45) is 0 Å². The molecule has 1 aliphatic heterocycles. The van der Waals surface area contributed by atoms with Gasteiger partial charge in [0.25, 0.3) is 0 Å². The molecule has 2 atom stereocenters. The molecule has 5 aromatic carbocycles. The molecule has 0 amide bonds. The maximum Gasteiger partial charge on any atom is 0.230 e. The Labute approximate surface area is 233 Å². The summed E-state index contributed by atoms with van der Waals surface area (Å²) in [6, 6.07) is 2.49. The lowest BCUT2D eigenvalue weighted by Crippen LogP contribution is -2.13. The second-order valence-electron chi connectivity index (χ2n) is 9.98. The van der Waals surface area contributed by atoms with Crippen LogP contribution < -0.4 is 29.8 Å². The standard InChI is InChI=1S/C29H26O10.CH4O/c1-10(30)5-12-18-19-13(6-11(2)31)29(37-4)27(35)21-15(33)8-17-23(25(19)21)22-16(38-9-39-17)7-14(32)20(24(18)22)26(34)28(12)36-3;1-2/h7-8,10-11,30-31,34-35H,5-6,9H2,1-4H3;2H,1H3/t10-,11-;/m0./s1. The molecule has 0 unspecified atom stereocenters. The van der Waals surface area contributed by atoms with Crippen LogP contribution >= 0.6 is 0 Å². The Morgan fingerprint density at radius 1 is 0.683 bits per heavy atom. The van der Waals surface area contributed by atoms with Crippen LogP contribution in [0.15, 0.2) is 21.7 Å². The van der Waals surface area contributed by atoms with E-state index >= 15 is 0 Å². The van der Waals surface area contributed by atoms with Crippen molar-refractivity contribution in [3.63, 3.8) is 0 Å². The summed E-state index contributed by atoms with van der Waals surface area (Å²) in [5, 5.41) is 52.9. The summed E-state index contributed by atoms with van der Waals surface area (Å²) in [5.74, 6) is -0.447. The SMILES string of the molecule is CO.COc1c(O)c2c(=O)cc3c4c5c(cc(=O)c6c(O)c(OC)c(C[C@H](C)O)c(c(c1C[C@H](C)O)c24)c65)OCO3. The van der Waals surface area contributed by atoms with E-state index in [4.69, 9.17) is 24.1 Å². The van der Waals surface area contributed by atoms with Crippen molar-refractivity contribution in [1.29, 1.82) is 0 Å². The fourth-order valence-corrected chi connectivity index (χ4v) is 6.13. The molecule has 41 heavy (non-hydrogen) atoms. The predicted molar refractivity (Wildman–Crippen MR) is 153 cm³/mol. The summed E-state index contributed by atoms with van der Waals surface area (Å²) in [5.41, 5.74) is -0.314. The van der Waals surface area contributed by atoms with Crippen molar-refractivity contribution in [2.75, 3.05) is 28.1 Å². The molecule has 0 fully saturated rings. The predicted octanol–water partition coefficient (Wildman–Crippen LogP) is 2.51. The summed E-state index contributed by atoms with van der Waals surface area (Å²) in [7, 11) is 3.69. The summed E-state index contributed by atoms with van der Waals surface area (Å²) in [6.07, 6.45) is -1.76. The number of aliphatic hydroxyl groups excluding tert-OH is 3. The molecule has 0 radical (unpaired) electrons. The Balaban J connectivity index is 0.00000165. The van der Waals surface area contributed by atoms with Crippen LogP contribution in [0, 0.1) is 0 Å². The lowest BCUT2D eigenvalue weighted by Gasteiger charge is -2.25. The highest BCUT2D eigenvalue weighted by molar-refractivity contribution is 6.38. The van der Waals surface area contributed by atoms with E-state index in [1.54, 1.807) is 13.8 Å². The zero-order valence-electron chi connectivity index (χ0n) is 23.1. The summed E-state index contributed by atoms with van der Waals surface area (Å²) < 4.78 is 22.8. The first-order chi connectivity index (χ1) is 19.6. The smallest absolute Gasteiger partial charge is 0.230 e. The highest BCUT2D eigenvalue weighted by atomic mass is 16.7. The molecule has 5 aromatic rings. The van der Waals surface area contributed by atoms with Gasteiger partial charge in [-0.2, -0.15) is 0 Å². The first kappa shape index (κ1) is 28.2. The highest BCUT2D eigenvalue weighted by Gasteiger charge is 2.33. The van der Waals surface area contributed by atoms with Gasteiger partial charge in [0.1, 0.15) is 11.5 Å². The van der Waals surface area contributed by atoms with Crippen molar-refractivity contribution in [3.05, 3.63) is 43.7 Å². The van der Waals surface area contributed by atoms with Crippen LogP contribution in [0.25, 0.3) is 43.1 Å². The maximum absolute atomic E-state index is 13.5. The fraction of sp³-hybridized carbons (Fsp3) is 0.333. The van der Waals surface area contributed by atoms with Gasteiger partial charge < -0.3 is 44.5 Å². The Hall–Kier alpha value is -4.32. The van der Waals surface area contributed by atoms with Crippen LogP contribution in [0.5, 0.6) is 34.5 Å². The normalized spacial score (nSPS) is 14.0. The number of hydrogen-bond acceptors (Lipinski definition) is 11. The van der Waals surface area contributed by atoms with E-state index in [0.717, 1.165) is 7.11 Å². The van der Waals surface area contributed by atoms with Gasteiger partial charge in [0, 0.05) is 64.8 Å². The number of aliphatic hydroxyl groups is 3. The van der Waals surface area contributed by atoms with Gasteiger partial charge in [0.05, 0.1) is 37.2 Å². The number of methoxy groups -OCH3 is 2. The van der Waals surface area contributed by atoms with Gasteiger partial charge >= 0.3 is 0 Å². The third-order valence-electron chi connectivity index (χ3n) is 7.40. The molecular formula is C30H30O11. The van der Waals surface area contributed by atoms with E-state index in [9.17, 15) is 30.0 Å². The molecule has 0 saturated carbocycles. The van der Waals surface area contributed by atoms with Gasteiger partial charge in [-0.05, 0) is 24.6 Å². The number of fused-ring (bicyclic) bond motifs is 1. The van der Waals surface area contributed by atoms with Crippen LogP contribution in [-0.4, -0.2) is 65.9 Å². The lowest BCUT2D eigenvalue weighted by atomic mass is 9.82. The lowest BCUT2D eigenvalue weighted by molar-refractivity contribution is 0.125. The third kappa shape index (κ3) is 3.91. The summed E-state index contributed by atoms with van der Waals surface area (Å²) in [4.78, 5) is 26.9. The van der Waals surface area contributed by atoms with Gasteiger partial charge in [-0.3, -0.25) is 9.59 Å². The van der Waals surface area contributed by atoms with Gasteiger partial charge in [-0.15, -0.1) is 0 Å². The first-order valence-corrected chi connectivity index (χ1v) is 12.9. The Morgan fingerprint density at radius 3 is 1.37 bits per heavy atom. The van der Waals surface area contributed by atoms with Crippen molar-refractivity contribution in [1.82, 2.24) is 0 Å². The Kier molecular flexibility index (Phi) is 7.06. The number of hydrogen-bond donors (Lipinski definition) is 5. The third-order valence-corrected chi connectivity index (χ3v) is 7.40. The van der Waals surface area contributed by atoms with E-state index in [-0.39, 0.29) is 53.4 Å². The van der Waals surface area contributed by atoms with Crippen molar-refractivity contribution >= 4 is 43.1 Å². The first-order valence-electron chi connectivity index (χ1n) is 12.9. The quantitative estimate of drug-likeness (QED) is 0.151. The molecular weight excluding hydrogens is 536 g/mol. The second kappa shape index (κ2) is 10.3. The minimum Gasteiger partial charge on any atom is -0.504 e.